The second-order valence-corrected chi connectivity index (χ2v) is 11.9. The van der Waals surface area contributed by atoms with Crippen molar-refractivity contribution in [1.82, 2.24) is 9.88 Å². The van der Waals surface area contributed by atoms with E-state index in [-0.39, 0.29) is 12.2 Å². The Morgan fingerprint density at radius 2 is 1.82 bits per heavy atom. The molecule has 1 aliphatic rings. The van der Waals surface area contributed by atoms with Gasteiger partial charge in [0.05, 0.1) is 28.5 Å². The predicted molar refractivity (Wildman–Crippen MR) is 152 cm³/mol. The van der Waals surface area contributed by atoms with Crippen LogP contribution in [0.2, 0.25) is 0 Å². The van der Waals surface area contributed by atoms with Gasteiger partial charge >= 0.3 is 5.97 Å². The van der Waals surface area contributed by atoms with E-state index in [1.165, 1.54) is 22.8 Å². The lowest BCUT2D eigenvalue weighted by molar-refractivity contribution is -0.139. The monoisotopic (exact) mass is 607 g/mol. The number of thiazole rings is 1. The van der Waals surface area contributed by atoms with E-state index in [1.54, 1.807) is 44.2 Å². The Morgan fingerprint density at radius 3 is 2.41 bits per heavy atom. The SMILES string of the molecule is CCOC(=O)C1=C(C)N=c2s/c(=C\c3ccc(OC(NC(C)=O)C(Cl)(Cl)Cl)cc3)c(=O)n2C1c1ccccc1. The van der Waals surface area contributed by atoms with Crippen LogP contribution in [0.5, 0.6) is 5.75 Å². The van der Waals surface area contributed by atoms with Gasteiger partial charge in [0.1, 0.15) is 5.75 Å². The maximum Gasteiger partial charge on any atom is 0.338 e. The second kappa shape index (κ2) is 12.0. The summed E-state index contributed by atoms with van der Waals surface area (Å²) in [6.07, 6.45) is 0.517. The molecular formula is C27H24Cl3N3O5S. The van der Waals surface area contributed by atoms with Crippen LogP contribution in [0.15, 0.2) is 75.7 Å². The van der Waals surface area contributed by atoms with Crippen molar-refractivity contribution >= 4 is 64.1 Å². The van der Waals surface area contributed by atoms with Crippen LogP contribution in [0.1, 0.15) is 37.9 Å². The number of aromatic nitrogens is 1. The summed E-state index contributed by atoms with van der Waals surface area (Å²) in [5.41, 5.74) is 2.01. The number of ether oxygens (including phenoxy) is 2. The molecule has 0 radical (unpaired) electrons. The summed E-state index contributed by atoms with van der Waals surface area (Å²) in [5, 5.41) is 2.44. The third kappa shape index (κ3) is 6.55. The minimum Gasteiger partial charge on any atom is -0.466 e. The minimum atomic E-state index is -1.89. The second-order valence-electron chi connectivity index (χ2n) is 8.52. The lowest BCUT2D eigenvalue weighted by Crippen LogP contribution is -2.47. The zero-order valence-electron chi connectivity index (χ0n) is 21.1. The van der Waals surface area contributed by atoms with E-state index in [9.17, 15) is 14.4 Å². The first kappa shape index (κ1) is 28.9. The number of esters is 1. The number of hydrogen-bond acceptors (Lipinski definition) is 7. The zero-order valence-corrected chi connectivity index (χ0v) is 24.2. The van der Waals surface area contributed by atoms with Gasteiger partial charge in [0, 0.05) is 6.92 Å². The first-order chi connectivity index (χ1) is 18.5. The predicted octanol–water partition coefficient (Wildman–Crippen LogP) is 4.01. The molecule has 3 aromatic rings. The van der Waals surface area contributed by atoms with Crippen LogP contribution in [0.3, 0.4) is 0 Å². The third-order valence-electron chi connectivity index (χ3n) is 5.70. The van der Waals surface area contributed by atoms with E-state index in [0.29, 0.717) is 31.9 Å². The van der Waals surface area contributed by atoms with E-state index in [4.69, 9.17) is 44.3 Å². The number of allylic oxidation sites excluding steroid dienone is 1. The number of halogens is 3. The van der Waals surface area contributed by atoms with Gasteiger partial charge in [-0.3, -0.25) is 14.2 Å². The Labute approximate surface area is 243 Å². The summed E-state index contributed by atoms with van der Waals surface area (Å²) in [6.45, 7) is 4.96. The van der Waals surface area contributed by atoms with Crippen LogP contribution in [-0.2, 0) is 14.3 Å². The molecule has 0 saturated heterocycles. The van der Waals surface area contributed by atoms with Gasteiger partial charge in [0.25, 0.3) is 5.56 Å². The van der Waals surface area contributed by atoms with Crippen LogP contribution < -0.4 is 24.9 Å². The molecule has 0 bridgehead atoms. The molecule has 0 saturated carbocycles. The number of benzene rings is 2. The van der Waals surface area contributed by atoms with Gasteiger partial charge in [0.2, 0.25) is 15.9 Å². The third-order valence-corrected chi connectivity index (χ3v) is 7.27. The van der Waals surface area contributed by atoms with Gasteiger partial charge < -0.3 is 14.8 Å². The fraction of sp³-hybridized carbons (Fsp3) is 0.259. The van der Waals surface area contributed by atoms with Crippen LogP contribution in [0.4, 0.5) is 0 Å². The van der Waals surface area contributed by atoms with Gasteiger partial charge in [-0.2, -0.15) is 0 Å². The highest BCUT2D eigenvalue weighted by Gasteiger charge is 2.36. The van der Waals surface area contributed by atoms with Crippen molar-refractivity contribution in [2.45, 2.75) is 36.8 Å². The topological polar surface area (TPSA) is 99.0 Å². The van der Waals surface area contributed by atoms with Crippen LogP contribution in [0.25, 0.3) is 6.08 Å². The summed E-state index contributed by atoms with van der Waals surface area (Å²) < 4.78 is 11.0. The molecule has 2 heterocycles. The molecule has 1 aromatic heterocycles. The molecule has 0 spiro atoms. The van der Waals surface area contributed by atoms with Crippen molar-refractivity contribution in [1.29, 1.82) is 0 Å². The summed E-state index contributed by atoms with van der Waals surface area (Å²) in [4.78, 5) is 43.1. The number of rotatable bonds is 7. The fourth-order valence-corrected chi connectivity index (χ4v) is 5.38. The van der Waals surface area contributed by atoms with Gasteiger partial charge in [-0.15, -0.1) is 0 Å². The number of hydrogen-bond donors (Lipinski definition) is 1. The molecule has 39 heavy (non-hydrogen) atoms. The molecule has 2 aromatic carbocycles. The number of amides is 1. The summed E-state index contributed by atoms with van der Waals surface area (Å²) in [6, 6.07) is 15.3. The molecule has 204 valence electrons. The number of alkyl halides is 3. The lowest BCUT2D eigenvalue weighted by Gasteiger charge is -2.25. The largest absolute Gasteiger partial charge is 0.466 e. The summed E-state index contributed by atoms with van der Waals surface area (Å²) >= 11 is 19.0. The van der Waals surface area contributed by atoms with Gasteiger partial charge in [-0.1, -0.05) is 88.6 Å². The minimum absolute atomic E-state index is 0.203. The van der Waals surface area contributed by atoms with E-state index >= 15 is 0 Å². The van der Waals surface area contributed by atoms with Crippen molar-refractivity contribution in [3.05, 3.63) is 96.7 Å². The molecule has 0 fully saturated rings. The molecule has 1 aliphatic heterocycles. The lowest BCUT2D eigenvalue weighted by atomic mass is 9.96. The molecular weight excluding hydrogens is 585 g/mol. The quantitative estimate of drug-likeness (QED) is 0.248. The molecule has 2 unspecified atom stereocenters. The fourth-order valence-electron chi connectivity index (χ4n) is 4.04. The highest BCUT2D eigenvalue weighted by atomic mass is 35.6. The average molecular weight is 609 g/mol. The number of carbonyl (C=O) groups excluding carboxylic acids is 2. The van der Waals surface area contributed by atoms with Crippen molar-refractivity contribution < 1.29 is 19.1 Å². The highest BCUT2D eigenvalue weighted by molar-refractivity contribution is 7.07. The number of nitrogens with one attached hydrogen (secondary N) is 1. The highest BCUT2D eigenvalue weighted by Crippen LogP contribution is 2.32. The normalized spacial score (nSPS) is 16.3. The Hall–Kier alpha value is -3.11. The summed E-state index contributed by atoms with van der Waals surface area (Å²) in [5.74, 6) is -0.587. The first-order valence-corrected chi connectivity index (χ1v) is 13.8. The Balaban J connectivity index is 1.72. The Morgan fingerprint density at radius 1 is 1.15 bits per heavy atom. The van der Waals surface area contributed by atoms with Crippen molar-refractivity contribution in [3.8, 4) is 5.75 Å². The molecule has 4 rings (SSSR count). The first-order valence-electron chi connectivity index (χ1n) is 11.8. The zero-order chi connectivity index (χ0) is 28.3. The Bertz CT molecular complexity index is 1590. The smallest absolute Gasteiger partial charge is 0.338 e. The molecule has 1 amide bonds. The molecule has 12 heteroatoms. The van der Waals surface area contributed by atoms with Crippen LogP contribution >= 0.6 is 46.1 Å². The molecule has 2 atom stereocenters. The maximum absolute atomic E-state index is 13.7. The average Bonchev–Trinajstić information content (AvgIpc) is 3.18. The Kier molecular flexibility index (Phi) is 8.86. The van der Waals surface area contributed by atoms with Gasteiger partial charge in [-0.25, -0.2) is 9.79 Å². The molecule has 8 nitrogen and oxygen atoms in total. The summed E-state index contributed by atoms with van der Waals surface area (Å²) in [7, 11) is 0. The molecule has 0 aliphatic carbocycles. The van der Waals surface area contributed by atoms with Crippen LogP contribution in [0, 0.1) is 0 Å². The van der Waals surface area contributed by atoms with Crippen molar-refractivity contribution in [3.63, 3.8) is 0 Å². The number of carbonyl (C=O) groups is 2. The van der Waals surface area contributed by atoms with Crippen molar-refractivity contribution in [2.75, 3.05) is 6.61 Å². The number of nitrogens with zero attached hydrogens (tertiary/aromatic N) is 2. The maximum atomic E-state index is 13.7. The van der Waals surface area contributed by atoms with E-state index < -0.39 is 27.9 Å². The molecule has 1 N–H and O–H groups in total. The number of fused-ring (bicyclic) bond motifs is 1. The van der Waals surface area contributed by atoms with E-state index in [2.05, 4.69) is 10.3 Å². The van der Waals surface area contributed by atoms with Crippen LogP contribution in [-0.4, -0.2) is 33.1 Å². The van der Waals surface area contributed by atoms with Gasteiger partial charge in [-0.05, 0) is 43.2 Å². The van der Waals surface area contributed by atoms with Gasteiger partial charge in [0.15, 0.2) is 4.80 Å². The van der Waals surface area contributed by atoms with E-state index in [1.807, 2.05) is 30.3 Å². The van der Waals surface area contributed by atoms with E-state index in [0.717, 1.165) is 5.56 Å². The standard InChI is InChI=1S/C27H24Cl3N3O5S/c1-4-37-24(36)21-15(2)31-26-33(22(21)18-8-6-5-7-9-18)23(35)20(39-26)14-17-10-12-19(13-11-17)38-25(27(28,29)30)32-16(3)34/h5-14,22,25H,4H2,1-3H3,(H,32,34)/b20-14-. The van der Waals surface area contributed by atoms with Crippen molar-refractivity contribution in [2.24, 2.45) is 4.99 Å².